The van der Waals surface area contributed by atoms with Gasteiger partial charge >= 0.3 is 0 Å². The van der Waals surface area contributed by atoms with Gasteiger partial charge in [-0.15, -0.1) is 11.3 Å². The van der Waals surface area contributed by atoms with E-state index >= 15 is 0 Å². The molecule has 4 heteroatoms. The molecule has 1 N–H and O–H groups in total. The Morgan fingerprint density at radius 2 is 2.21 bits per heavy atom. The molecule has 0 unspecified atom stereocenters. The summed E-state index contributed by atoms with van der Waals surface area (Å²) in [5, 5.41) is 4.60. The first-order valence-corrected chi connectivity index (χ1v) is 7.59. The van der Waals surface area contributed by atoms with Crippen molar-refractivity contribution < 1.29 is 0 Å². The second-order valence-corrected chi connectivity index (χ2v) is 6.20. The molecule has 0 bridgehead atoms. The monoisotopic (exact) mass is 273 g/mol. The molecule has 0 aliphatic carbocycles. The first-order valence-electron chi connectivity index (χ1n) is 6.77. The van der Waals surface area contributed by atoms with Crippen molar-refractivity contribution in [2.24, 2.45) is 0 Å². The second-order valence-electron chi connectivity index (χ2n) is 5.09. The molecule has 2 heterocycles. The molecule has 1 aliphatic rings. The number of piperazine rings is 1. The fourth-order valence-corrected chi connectivity index (χ4v) is 3.43. The maximum Gasteiger partial charge on any atom is 0.123 e. The van der Waals surface area contributed by atoms with Crippen molar-refractivity contribution in [3.63, 3.8) is 0 Å². The number of rotatable bonds is 3. The third kappa shape index (κ3) is 3.21. The van der Waals surface area contributed by atoms with Gasteiger partial charge in [-0.2, -0.15) is 0 Å². The minimum Gasteiger partial charge on any atom is -0.312 e. The van der Waals surface area contributed by atoms with Crippen molar-refractivity contribution in [2.75, 3.05) is 19.6 Å². The minimum absolute atomic E-state index is 0.593. The predicted molar refractivity (Wildman–Crippen MR) is 80.3 cm³/mol. The number of nitrogens with one attached hydrogen (secondary N) is 1. The third-order valence-corrected chi connectivity index (χ3v) is 4.44. The molecular formula is C15H19N3S. The van der Waals surface area contributed by atoms with Crippen LogP contribution < -0.4 is 5.32 Å². The number of hydrogen-bond donors (Lipinski definition) is 1. The Morgan fingerprint density at radius 3 is 3.00 bits per heavy atom. The van der Waals surface area contributed by atoms with E-state index in [0.29, 0.717) is 6.04 Å². The average molecular weight is 273 g/mol. The van der Waals surface area contributed by atoms with Crippen LogP contribution in [0.2, 0.25) is 0 Å². The molecule has 3 rings (SSSR count). The zero-order valence-corrected chi connectivity index (χ0v) is 12.0. The fourth-order valence-electron chi connectivity index (χ4n) is 2.47. The van der Waals surface area contributed by atoms with Crippen molar-refractivity contribution >= 4 is 11.3 Å². The third-order valence-electron chi connectivity index (χ3n) is 3.41. The first-order chi connectivity index (χ1) is 9.31. The topological polar surface area (TPSA) is 28.2 Å². The van der Waals surface area contributed by atoms with Crippen LogP contribution in [0.5, 0.6) is 0 Å². The Labute approximate surface area is 118 Å². The number of nitrogens with zero attached hydrogens (tertiary/aromatic N) is 2. The number of benzene rings is 1. The van der Waals surface area contributed by atoms with Gasteiger partial charge in [-0.25, -0.2) is 4.98 Å². The summed E-state index contributed by atoms with van der Waals surface area (Å²) < 4.78 is 0. The molecule has 0 amide bonds. The summed E-state index contributed by atoms with van der Waals surface area (Å²) in [7, 11) is 0. The van der Waals surface area contributed by atoms with Crippen molar-refractivity contribution in [1.82, 2.24) is 15.2 Å². The quantitative estimate of drug-likeness (QED) is 0.931. The molecule has 2 aromatic rings. The summed E-state index contributed by atoms with van der Waals surface area (Å²) in [5.74, 6) is 0. The molecule has 0 radical (unpaired) electrons. The van der Waals surface area contributed by atoms with Crippen LogP contribution in [0, 0.1) is 0 Å². The van der Waals surface area contributed by atoms with Crippen molar-refractivity contribution in [3.05, 3.63) is 41.4 Å². The summed E-state index contributed by atoms with van der Waals surface area (Å²) in [4.78, 5) is 8.41. The van der Waals surface area contributed by atoms with Crippen LogP contribution in [0.4, 0.5) is 0 Å². The van der Waals surface area contributed by atoms with Crippen LogP contribution in [0.15, 0.2) is 36.5 Å². The Morgan fingerprint density at radius 1 is 1.37 bits per heavy atom. The van der Waals surface area contributed by atoms with Gasteiger partial charge < -0.3 is 5.32 Å². The van der Waals surface area contributed by atoms with Gasteiger partial charge in [0.2, 0.25) is 0 Å². The van der Waals surface area contributed by atoms with E-state index in [4.69, 9.17) is 0 Å². The molecule has 1 saturated heterocycles. The SMILES string of the molecule is C[C@@H]1CN(Cc2cnc(-c3ccccc3)s2)CCN1. The lowest BCUT2D eigenvalue weighted by atomic mass is 10.2. The van der Waals surface area contributed by atoms with Gasteiger partial charge in [0.05, 0.1) is 0 Å². The maximum absolute atomic E-state index is 4.55. The van der Waals surface area contributed by atoms with Crippen molar-refractivity contribution in [2.45, 2.75) is 19.5 Å². The normalized spacial score (nSPS) is 20.6. The zero-order chi connectivity index (χ0) is 13.1. The number of hydrogen-bond acceptors (Lipinski definition) is 4. The van der Waals surface area contributed by atoms with Crippen LogP contribution in [-0.4, -0.2) is 35.6 Å². The Bertz CT molecular complexity index is 523. The summed E-state index contributed by atoms with van der Waals surface area (Å²) in [5.41, 5.74) is 1.22. The Kier molecular flexibility index (Phi) is 3.92. The van der Waals surface area contributed by atoms with Crippen molar-refractivity contribution in [3.8, 4) is 10.6 Å². The summed E-state index contributed by atoms with van der Waals surface area (Å²) >= 11 is 1.81. The van der Waals surface area contributed by atoms with E-state index in [-0.39, 0.29) is 0 Å². The molecule has 0 spiro atoms. The maximum atomic E-state index is 4.55. The van der Waals surface area contributed by atoms with Gasteiger partial charge in [-0.1, -0.05) is 30.3 Å². The van der Waals surface area contributed by atoms with Gasteiger partial charge in [0.15, 0.2) is 0 Å². The molecule has 1 aromatic heterocycles. The Hall–Kier alpha value is -1.23. The smallest absolute Gasteiger partial charge is 0.123 e. The highest BCUT2D eigenvalue weighted by Crippen LogP contribution is 2.25. The Balaban J connectivity index is 1.68. The van der Waals surface area contributed by atoms with Crippen LogP contribution >= 0.6 is 11.3 Å². The van der Waals surface area contributed by atoms with E-state index in [1.54, 1.807) is 0 Å². The van der Waals surface area contributed by atoms with E-state index in [1.807, 2.05) is 23.6 Å². The summed E-state index contributed by atoms with van der Waals surface area (Å²) in [6.45, 7) is 6.61. The standard InChI is InChI=1S/C15H19N3S/c1-12-10-18(8-7-16-12)11-14-9-17-15(19-14)13-5-3-2-4-6-13/h2-6,9,12,16H,7-8,10-11H2,1H3/t12-/m1/s1. The molecule has 19 heavy (non-hydrogen) atoms. The predicted octanol–water partition coefficient (Wildman–Crippen LogP) is 2.60. The largest absolute Gasteiger partial charge is 0.312 e. The molecule has 0 saturated carbocycles. The molecule has 1 aliphatic heterocycles. The van der Waals surface area contributed by atoms with Gasteiger partial charge in [0.25, 0.3) is 0 Å². The highest BCUT2D eigenvalue weighted by atomic mass is 32.1. The van der Waals surface area contributed by atoms with Crippen molar-refractivity contribution in [1.29, 1.82) is 0 Å². The number of aromatic nitrogens is 1. The fraction of sp³-hybridized carbons (Fsp3) is 0.400. The highest BCUT2D eigenvalue weighted by molar-refractivity contribution is 7.15. The summed E-state index contributed by atoms with van der Waals surface area (Å²) in [6, 6.07) is 11.0. The van der Waals surface area contributed by atoms with E-state index in [9.17, 15) is 0 Å². The van der Waals surface area contributed by atoms with Crippen LogP contribution in [-0.2, 0) is 6.54 Å². The molecule has 1 fully saturated rings. The van der Waals surface area contributed by atoms with E-state index in [0.717, 1.165) is 31.2 Å². The molecule has 3 nitrogen and oxygen atoms in total. The first kappa shape index (κ1) is 12.8. The second kappa shape index (κ2) is 5.82. The minimum atomic E-state index is 0.593. The average Bonchev–Trinajstić information content (AvgIpc) is 2.88. The lowest BCUT2D eigenvalue weighted by Gasteiger charge is -2.31. The number of thiazole rings is 1. The molecule has 1 aromatic carbocycles. The van der Waals surface area contributed by atoms with E-state index < -0.39 is 0 Å². The zero-order valence-electron chi connectivity index (χ0n) is 11.2. The van der Waals surface area contributed by atoms with E-state index in [1.165, 1.54) is 10.4 Å². The van der Waals surface area contributed by atoms with E-state index in [2.05, 4.69) is 46.4 Å². The van der Waals surface area contributed by atoms with Gasteiger partial charge in [-0.3, -0.25) is 4.90 Å². The van der Waals surface area contributed by atoms with Gasteiger partial charge in [-0.05, 0) is 6.92 Å². The van der Waals surface area contributed by atoms with Crippen LogP contribution in [0.25, 0.3) is 10.6 Å². The molecular weight excluding hydrogens is 254 g/mol. The van der Waals surface area contributed by atoms with Crippen LogP contribution in [0.1, 0.15) is 11.8 Å². The van der Waals surface area contributed by atoms with Gasteiger partial charge in [0.1, 0.15) is 5.01 Å². The van der Waals surface area contributed by atoms with Gasteiger partial charge in [0, 0.05) is 48.9 Å². The molecule has 1 atom stereocenters. The molecule has 100 valence electrons. The summed E-state index contributed by atoms with van der Waals surface area (Å²) in [6.07, 6.45) is 2.03. The lowest BCUT2D eigenvalue weighted by molar-refractivity contribution is 0.201. The lowest BCUT2D eigenvalue weighted by Crippen LogP contribution is -2.48. The highest BCUT2D eigenvalue weighted by Gasteiger charge is 2.16. The van der Waals surface area contributed by atoms with Crippen LogP contribution in [0.3, 0.4) is 0 Å².